The highest BCUT2D eigenvalue weighted by atomic mass is 19.4. The standard InChI is InChI=1S/C11H9F3N4O/c1-6-3-2-4-7(5-6)15-16-8-9(11(12,13)14)17-18-10(8)19/h2-5H,1H3,(H2,17,18,19). The maximum atomic E-state index is 12.6. The number of halogens is 3. The van der Waals surface area contributed by atoms with E-state index in [1.165, 1.54) is 0 Å². The lowest BCUT2D eigenvalue weighted by Crippen LogP contribution is -2.06. The topological polar surface area (TPSA) is 73.4 Å². The third-order valence-corrected chi connectivity index (χ3v) is 2.30. The van der Waals surface area contributed by atoms with Gasteiger partial charge < -0.3 is 0 Å². The molecule has 0 fully saturated rings. The average molecular weight is 270 g/mol. The molecule has 1 aromatic heterocycles. The Labute approximate surface area is 105 Å². The van der Waals surface area contributed by atoms with Crippen molar-refractivity contribution in [3.05, 3.63) is 45.9 Å². The van der Waals surface area contributed by atoms with E-state index in [2.05, 4.69) is 10.2 Å². The summed E-state index contributed by atoms with van der Waals surface area (Å²) < 4.78 is 37.7. The molecule has 19 heavy (non-hydrogen) atoms. The second-order valence-corrected chi connectivity index (χ2v) is 3.84. The molecule has 8 heteroatoms. The molecule has 100 valence electrons. The van der Waals surface area contributed by atoms with Gasteiger partial charge in [0.1, 0.15) is 0 Å². The molecule has 5 nitrogen and oxygen atoms in total. The molecule has 0 amide bonds. The first-order chi connectivity index (χ1) is 8.88. The molecule has 0 unspecified atom stereocenters. The van der Waals surface area contributed by atoms with Crippen molar-refractivity contribution >= 4 is 11.4 Å². The van der Waals surface area contributed by atoms with Crippen molar-refractivity contribution in [2.45, 2.75) is 13.1 Å². The SMILES string of the molecule is Cc1cccc(N=Nc2c(C(F)(F)F)[nH][nH]c2=O)c1. The first-order valence-electron chi connectivity index (χ1n) is 5.24. The molecule has 0 saturated heterocycles. The molecule has 2 aromatic rings. The molecule has 0 aliphatic rings. The van der Waals surface area contributed by atoms with Crippen LogP contribution in [-0.4, -0.2) is 10.2 Å². The molecule has 2 rings (SSSR count). The number of aromatic amines is 2. The van der Waals surface area contributed by atoms with E-state index < -0.39 is 23.1 Å². The van der Waals surface area contributed by atoms with Crippen molar-refractivity contribution in [3.63, 3.8) is 0 Å². The number of nitrogens with one attached hydrogen (secondary N) is 2. The summed E-state index contributed by atoms with van der Waals surface area (Å²) in [4.78, 5) is 11.2. The molecule has 0 aliphatic carbocycles. The summed E-state index contributed by atoms with van der Waals surface area (Å²) in [6, 6.07) is 6.71. The van der Waals surface area contributed by atoms with Crippen LogP contribution in [0.15, 0.2) is 39.3 Å². The summed E-state index contributed by atoms with van der Waals surface area (Å²) in [6.07, 6.45) is -4.69. The van der Waals surface area contributed by atoms with Gasteiger partial charge in [0.15, 0.2) is 11.4 Å². The van der Waals surface area contributed by atoms with E-state index in [0.29, 0.717) is 5.69 Å². The number of benzene rings is 1. The Kier molecular flexibility index (Phi) is 3.24. The molecule has 0 spiro atoms. The number of hydrogen-bond acceptors (Lipinski definition) is 3. The van der Waals surface area contributed by atoms with Gasteiger partial charge in [-0.3, -0.25) is 15.0 Å². The van der Waals surface area contributed by atoms with E-state index in [-0.39, 0.29) is 0 Å². The van der Waals surface area contributed by atoms with Gasteiger partial charge in [-0.2, -0.15) is 18.3 Å². The number of rotatable bonds is 2. The zero-order valence-corrected chi connectivity index (χ0v) is 9.75. The minimum atomic E-state index is -4.69. The summed E-state index contributed by atoms with van der Waals surface area (Å²) in [5, 5.41) is 10.6. The highest BCUT2D eigenvalue weighted by molar-refractivity contribution is 5.43. The van der Waals surface area contributed by atoms with Gasteiger partial charge in [0.05, 0.1) is 5.69 Å². The molecule has 2 N–H and O–H groups in total. The largest absolute Gasteiger partial charge is 0.435 e. The van der Waals surface area contributed by atoms with Crippen molar-refractivity contribution in [2.24, 2.45) is 10.2 Å². The molecule has 1 heterocycles. The number of aromatic nitrogens is 2. The lowest BCUT2D eigenvalue weighted by atomic mass is 10.2. The smallest absolute Gasteiger partial charge is 0.292 e. The highest BCUT2D eigenvalue weighted by Crippen LogP contribution is 2.33. The van der Waals surface area contributed by atoms with Crippen molar-refractivity contribution in [3.8, 4) is 0 Å². The average Bonchev–Trinajstić information content (AvgIpc) is 2.68. The second-order valence-electron chi connectivity index (χ2n) is 3.84. The Morgan fingerprint density at radius 1 is 1.16 bits per heavy atom. The van der Waals surface area contributed by atoms with Gasteiger partial charge in [-0.25, -0.2) is 0 Å². The number of nitrogens with zero attached hydrogens (tertiary/aromatic N) is 2. The van der Waals surface area contributed by atoms with Gasteiger partial charge in [-0.1, -0.05) is 12.1 Å². The maximum Gasteiger partial charge on any atom is 0.435 e. The van der Waals surface area contributed by atoms with Crippen LogP contribution in [0, 0.1) is 6.92 Å². The van der Waals surface area contributed by atoms with Crippen LogP contribution < -0.4 is 5.56 Å². The number of H-pyrrole nitrogens is 2. The number of hydrogen-bond donors (Lipinski definition) is 2. The lowest BCUT2D eigenvalue weighted by Gasteiger charge is -2.02. The van der Waals surface area contributed by atoms with E-state index in [4.69, 9.17) is 0 Å². The molecular formula is C11H9F3N4O. The zero-order chi connectivity index (χ0) is 14.0. The van der Waals surface area contributed by atoms with Gasteiger partial charge >= 0.3 is 6.18 Å². The molecule has 0 saturated carbocycles. The van der Waals surface area contributed by atoms with E-state index in [1.54, 1.807) is 23.3 Å². The predicted octanol–water partition coefficient (Wildman–Crippen LogP) is 3.45. The van der Waals surface area contributed by atoms with Crippen molar-refractivity contribution in [1.29, 1.82) is 0 Å². The van der Waals surface area contributed by atoms with E-state index in [1.807, 2.05) is 18.1 Å². The van der Waals surface area contributed by atoms with Gasteiger partial charge in [-0.05, 0) is 24.6 Å². The number of alkyl halides is 3. The van der Waals surface area contributed by atoms with Gasteiger partial charge in [0.2, 0.25) is 0 Å². The van der Waals surface area contributed by atoms with Gasteiger partial charge in [-0.15, -0.1) is 5.11 Å². The maximum absolute atomic E-state index is 12.6. The van der Waals surface area contributed by atoms with Crippen LogP contribution in [0.5, 0.6) is 0 Å². The van der Waals surface area contributed by atoms with Crippen molar-refractivity contribution in [2.75, 3.05) is 0 Å². The van der Waals surface area contributed by atoms with Crippen LogP contribution in [0.1, 0.15) is 11.3 Å². The quantitative estimate of drug-likeness (QED) is 0.806. The van der Waals surface area contributed by atoms with Crippen LogP contribution in [0.4, 0.5) is 24.5 Å². The van der Waals surface area contributed by atoms with Crippen LogP contribution in [0.3, 0.4) is 0 Å². The van der Waals surface area contributed by atoms with Crippen molar-refractivity contribution < 1.29 is 13.2 Å². The van der Waals surface area contributed by atoms with E-state index in [0.717, 1.165) is 5.56 Å². The van der Waals surface area contributed by atoms with Crippen LogP contribution >= 0.6 is 0 Å². The summed E-state index contributed by atoms with van der Waals surface area (Å²) in [6.45, 7) is 1.81. The normalized spacial score (nSPS) is 12.2. The monoisotopic (exact) mass is 270 g/mol. The van der Waals surface area contributed by atoms with Crippen LogP contribution in [-0.2, 0) is 6.18 Å². The first-order valence-corrected chi connectivity index (χ1v) is 5.24. The summed E-state index contributed by atoms with van der Waals surface area (Å²) in [5.41, 5.74) is -1.74. The van der Waals surface area contributed by atoms with Crippen LogP contribution in [0.2, 0.25) is 0 Å². The Morgan fingerprint density at radius 2 is 1.89 bits per heavy atom. The van der Waals surface area contributed by atoms with Gasteiger partial charge in [0, 0.05) is 0 Å². The fourth-order valence-electron chi connectivity index (χ4n) is 1.45. The third kappa shape index (κ3) is 2.90. The van der Waals surface area contributed by atoms with Gasteiger partial charge in [0.25, 0.3) is 5.56 Å². The van der Waals surface area contributed by atoms with Crippen LogP contribution in [0.25, 0.3) is 0 Å². The Balaban J connectivity index is 2.39. The second kappa shape index (κ2) is 4.71. The molecule has 0 bridgehead atoms. The first kappa shape index (κ1) is 13.1. The molecule has 1 aromatic carbocycles. The third-order valence-electron chi connectivity index (χ3n) is 2.30. The van der Waals surface area contributed by atoms with Crippen molar-refractivity contribution in [1.82, 2.24) is 10.2 Å². The fraction of sp³-hybridized carbons (Fsp3) is 0.182. The summed E-state index contributed by atoms with van der Waals surface area (Å²) >= 11 is 0. The fourth-order valence-corrected chi connectivity index (χ4v) is 1.45. The Morgan fingerprint density at radius 3 is 2.53 bits per heavy atom. The van der Waals surface area contributed by atoms with E-state index >= 15 is 0 Å². The molecule has 0 radical (unpaired) electrons. The number of azo groups is 1. The highest BCUT2D eigenvalue weighted by Gasteiger charge is 2.37. The Bertz CT molecular complexity index is 669. The minimum Gasteiger partial charge on any atom is -0.292 e. The summed E-state index contributed by atoms with van der Waals surface area (Å²) in [5.74, 6) is 0. The van der Waals surface area contributed by atoms with E-state index in [9.17, 15) is 18.0 Å². The predicted molar refractivity (Wildman–Crippen MR) is 61.8 cm³/mol. The zero-order valence-electron chi connectivity index (χ0n) is 9.75. The number of aryl methyl sites for hydroxylation is 1. The summed E-state index contributed by atoms with van der Waals surface area (Å²) in [7, 11) is 0. The molecule has 0 atom stereocenters. The minimum absolute atomic E-state index is 0.369. The lowest BCUT2D eigenvalue weighted by molar-refractivity contribution is -0.140. The molecule has 0 aliphatic heterocycles. The molecular weight excluding hydrogens is 261 g/mol. The Hall–Kier alpha value is -2.38.